The molecule has 16 heavy (non-hydrogen) atoms. The number of hydrogen-bond donors (Lipinski definition) is 2. The minimum absolute atomic E-state index is 0.230. The molecule has 1 aromatic carbocycles. The summed E-state index contributed by atoms with van der Waals surface area (Å²) in [6, 6.07) is 4.09. The van der Waals surface area contributed by atoms with E-state index in [4.69, 9.17) is 4.74 Å². The van der Waals surface area contributed by atoms with E-state index in [1.807, 2.05) is 12.1 Å². The second-order valence-electron chi connectivity index (χ2n) is 3.65. The monoisotopic (exact) mass is 351 g/mol. The van der Waals surface area contributed by atoms with Crippen molar-refractivity contribution in [3.05, 3.63) is 26.6 Å². The molecule has 1 aromatic rings. The summed E-state index contributed by atoms with van der Waals surface area (Å²) in [6.45, 7) is 3.48. The summed E-state index contributed by atoms with van der Waals surface area (Å²) in [5, 5.41) is 12.9. The molecule has 1 rings (SSSR count). The van der Waals surface area contributed by atoms with E-state index in [2.05, 4.69) is 44.1 Å². The van der Waals surface area contributed by atoms with E-state index in [1.54, 1.807) is 7.11 Å². The zero-order valence-electron chi connectivity index (χ0n) is 9.26. The molecule has 0 spiro atoms. The molecule has 0 aromatic heterocycles. The molecule has 2 N–H and O–H groups in total. The molecule has 0 aliphatic rings. The number of ether oxygens (including phenoxy) is 1. The summed E-state index contributed by atoms with van der Waals surface area (Å²) in [6.07, 6.45) is 0. The van der Waals surface area contributed by atoms with Crippen LogP contribution in [0.3, 0.4) is 0 Å². The Balaban J connectivity index is 2.61. The van der Waals surface area contributed by atoms with Crippen LogP contribution in [0.15, 0.2) is 21.1 Å². The quantitative estimate of drug-likeness (QED) is 0.855. The minimum atomic E-state index is 0.230. The van der Waals surface area contributed by atoms with Crippen LogP contribution in [-0.2, 0) is 11.3 Å². The molecule has 5 heteroatoms. The van der Waals surface area contributed by atoms with Gasteiger partial charge in [0.25, 0.3) is 0 Å². The van der Waals surface area contributed by atoms with Gasteiger partial charge in [-0.1, -0.05) is 0 Å². The number of aromatic hydroxyl groups is 1. The van der Waals surface area contributed by atoms with E-state index in [9.17, 15) is 5.11 Å². The van der Waals surface area contributed by atoms with Crippen LogP contribution in [0.4, 0.5) is 0 Å². The molecule has 0 saturated carbocycles. The molecular formula is C11H15Br2NO2. The standard InChI is InChI=1S/C11H15Br2NO2/c1-7(6-16-2)14-5-8-3-9(12)11(15)10(13)4-8/h3-4,7,14-15H,5-6H2,1-2H3. The van der Waals surface area contributed by atoms with Gasteiger partial charge < -0.3 is 15.2 Å². The zero-order valence-corrected chi connectivity index (χ0v) is 12.4. The molecule has 0 saturated heterocycles. The number of hydrogen-bond acceptors (Lipinski definition) is 3. The highest BCUT2D eigenvalue weighted by Crippen LogP contribution is 2.33. The van der Waals surface area contributed by atoms with Crippen LogP contribution in [0.2, 0.25) is 0 Å². The average molecular weight is 353 g/mol. The molecule has 0 aliphatic heterocycles. The van der Waals surface area contributed by atoms with Crippen LogP contribution in [0, 0.1) is 0 Å². The van der Waals surface area contributed by atoms with Crippen molar-refractivity contribution in [2.24, 2.45) is 0 Å². The predicted octanol–water partition coefficient (Wildman–Crippen LogP) is 3.04. The molecule has 0 bridgehead atoms. The molecule has 1 atom stereocenters. The van der Waals surface area contributed by atoms with Crippen molar-refractivity contribution in [3.8, 4) is 5.75 Å². The Hall–Kier alpha value is -0.100. The zero-order chi connectivity index (χ0) is 12.1. The van der Waals surface area contributed by atoms with Crippen molar-refractivity contribution < 1.29 is 9.84 Å². The summed E-state index contributed by atoms with van der Waals surface area (Å²) in [5.41, 5.74) is 1.10. The van der Waals surface area contributed by atoms with Gasteiger partial charge in [0.15, 0.2) is 0 Å². The van der Waals surface area contributed by atoms with E-state index in [0.29, 0.717) is 21.6 Å². The Morgan fingerprint density at radius 1 is 1.38 bits per heavy atom. The third-order valence-electron chi connectivity index (χ3n) is 2.15. The smallest absolute Gasteiger partial charge is 0.143 e. The van der Waals surface area contributed by atoms with Crippen molar-refractivity contribution in [2.45, 2.75) is 19.5 Å². The third kappa shape index (κ3) is 4.05. The molecule has 0 aliphatic carbocycles. The van der Waals surface area contributed by atoms with E-state index < -0.39 is 0 Å². The van der Waals surface area contributed by atoms with Gasteiger partial charge in [-0.2, -0.15) is 0 Å². The van der Waals surface area contributed by atoms with Gasteiger partial charge in [-0.3, -0.25) is 0 Å². The number of phenols is 1. The van der Waals surface area contributed by atoms with Gasteiger partial charge in [0, 0.05) is 19.7 Å². The van der Waals surface area contributed by atoms with Crippen molar-refractivity contribution in [2.75, 3.05) is 13.7 Å². The van der Waals surface area contributed by atoms with Crippen molar-refractivity contribution in [3.63, 3.8) is 0 Å². The first-order valence-electron chi connectivity index (χ1n) is 4.93. The Kier molecular flexibility index (Phi) is 5.75. The van der Waals surface area contributed by atoms with Crippen LogP contribution < -0.4 is 5.32 Å². The van der Waals surface area contributed by atoms with Gasteiger partial charge in [-0.25, -0.2) is 0 Å². The van der Waals surface area contributed by atoms with E-state index in [1.165, 1.54) is 0 Å². The SMILES string of the molecule is COCC(C)NCc1cc(Br)c(O)c(Br)c1. The van der Waals surface area contributed by atoms with E-state index in [0.717, 1.165) is 12.1 Å². The fourth-order valence-corrected chi connectivity index (χ4v) is 2.60. The lowest BCUT2D eigenvalue weighted by molar-refractivity contribution is 0.171. The Morgan fingerprint density at radius 2 is 1.94 bits per heavy atom. The molecule has 3 nitrogen and oxygen atoms in total. The van der Waals surface area contributed by atoms with Gasteiger partial charge in [0.05, 0.1) is 15.6 Å². The lowest BCUT2D eigenvalue weighted by Crippen LogP contribution is -2.29. The first-order chi connectivity index (χ1) is 7.54. The number of phenolic OH excluding ortho intramolecular Hbond substituents is 1. The lowest BCUT2D eigenvalue weighted by atomic mass is 10.2. The Morgan fingerprint density at radius 3 is 2.44 bits per heavy atom. The maximum atomic E-state index is 9.56. The number of halogens is 2. The van der Waals surface area contributed by atoms with Gasteiger partial charge in [0.1, 0.15) is 5.75 Å². The average Bonchev–Trinajstić information content (AvgIpc) is 2.23. The van der Waals surface area contributed by atoms with E-state index in [-0.39, 0.29) is 5.75 Å². The first-order valence-corrected chi connectivity index (χ1v) is 6.52. The topological polar surface area (TPSA) is 41.5 Å². The second kappa shape index (κ2) is 6.59. The minimum Gasteiger partial charge on any atom is -0.506 e. The fraction of sp³-hybridized carbons (Fsp3) is 0.455. The summed E-state index contributed by atoms with van der Waals surface area (Å²) in [4.78, 5) is 0. The largest absolute Gasteiger partial charge is 0.506 e. The number of methoxy groups -OCH3 is 1. The van der Waals surface area contributed by atoms with Gasteiger partial charge in [0.2, 0.25) is 0 Å². The molecule has 0 amide bonds. The second-order valence-corrected chi connectivity index (χ2v) is 5.35. The highest BCUT2D eigenvalue weighted by atomic mass is 79.9. The van der Waals surface area contributed by atoms with Crippen molar-refractivity contribution in [1.29, 1.82) is 0 Å². The highest BCUT2D eigenvalue weighted by Gasteiger charge is 2.07. The van der Waals surface area contributed by atoms with Crippen LogP contribution in [0.5, 0.6) is 5.75 Å². The summed E-state index contributed by atoms with van der Waals surface area (Å²) in [5.74, 6) is 0.230. The summed E-state index contributed by atoms with van der Waals surface area (Å²) >= 11 is 6.60. The first kappa shape index (κ1) is 14.0. The van der Waals surface area contributed by atoms with Gasteiger partial charge >= 0.3 is 0 Å². The molecular weight excluding hydrogens is 338 g/mol. The van der Waals surface area contributed by atoms with E-state index >= 15 is 0 Å². The third-order valence-corrected chi connectivity index (χ3v) is 3.36. The maximum Gasteiger partial charge on any atom is 0.143 e. The Labute approximate surface area is 112 Å². The summed E-state index contributed by atoms with van der Waals surface area (Å²) < 4.78 is 6.42. The molecule has 0 radical (unpaired) electrons. The fourth-order valence-electron chi connectivity index (χ4n) is 1.32. The molecule has 1 unspecified atom stereocenters. The molecule has 90 valence electrons. The molecule has 0 fully saturated rings. The van der Waals surface area contributed by atoms with Crippen LogP contribution in [0.1, 0.15) is 12.5 Å². The Bertz CT molecular complexity index is 335. The van der Waals surface area contributed by atoms with Crippen molar-refractivity contribution >= 4 is 31.9 Å². The number of rotatable bonds is 5. The number of benzene rings is 1. The highest BCUT2D eigenvalue weighted by molar-refractivity contribution is 9.11. The van der Waals surface area contributed by atoms with Gasteiger partial charge in [-0.05, 0) is 56.5 Å². The molecule has 0 heterocycles. The normalized spacial score (nSPS) is 12.8. The number of nitrogens with one attached hydrogen (secondary N) is 1. The van der Waals surface area contributed by atoms with Crippen molar-refractivity contribution in [1.82, 2.24) is 5.32 Å². The van der Waals surface area contributed by atoms with Gasteiger partial charge in [-0.15, -0.1) is 0 Å². The lowest BCUT2D eigenvalue weighted by Gasteiger charge is -2.13. The van der Waals surface area contributed by atoms with Crippen LogP contribution in [-0.4, -0.2) is 24.9 Å². The maximum absolute atomic E-state index is 9.56. The van der Waals surface area contributed by atoms with Crippen LogP contribution in [0.25, 0.3) is 0 Å². The summed E-state index contributed by atoms with van der Waals surface area (Å²) in [7, 11) is 1.69. The predicted molar refractivity (Wildman–Crippen MR) is 71.7 cm³/mol. The van der Waals surface area contributed by atoms with Crippen LogP contribution >= 0.6 is 31.9 Å².